The first-order valence-electron chi connectivity index (χ1n) is 20.1. The first-order valence-corrected chi connectivity index (χ1v) is 20.1. The lowest BCUT2D eigenvalue weighted by Crippen LogP contribution is -2.60. The van der Waals surface area contributed by atoms with Crippen LogP contribution in [-0.2, 0) is 54.1 Å². The summed E-state index contributed by atoms with van der Waals surface area (Å²) in [6.07, 6.45) is -6.99. The molecule has 2 aliphatic rings. The van der Waals surface area contributed by atoms with Crippen LogP contribution in [0.25, 0.3) is 11.1 Å². The maximum atomic E-state index is 12.7. The van der Waals surface area contributed by atoms with Gasteiger partial charge in [0.15, 0.2) is 12.2 Å². The minimum Gasteiger partial charge on any atom is -0.491 e. The van der Waals surface area contributed by atoms with Crippen LogP contribution in [0.3, 0.4) is 0 Å². The summed E-state index contributed by atoms with van der Waals surface area (Å²) in [7, 11) is 1.16. The second kappa shape index (κ2) is 21.7. The van der Waals surface area contributed by atoms with Crippen LogP contribution < -0.4 is 19.5 Å². The molecule has 1 aliphatic carbocycles. The standard InChI is InChI=1S/C45H46N2O17/c1-26-39(60-27(2)48)41(61-28(3)49)43(64-40(26)42(50)55-4)62-32-16-13-29(24-59-45(52)63-31-17-14-30(15-18-31)47(53)54)38(23-32)57-22-21-56-20-19-46-44(51)58-25-37-35-11-7-5-9-33(35)34-10-6-8-12-36(34)37/h5-18,23,26,37,39-41,43H,19-22,24-25H2,1-4H3,(H,46,51)/t26-,39-,40-,41+,43+/m0/s1. The summed E-state index contributed by atoms with van der Waals surface area (Å²) >= 11 is 0. The van der Waals surface area contributed by atoms with Gasteiger partial charge in [-0.15, -0.1) is 0 Å². The molecule has 0 radical (unpaired) electrons. The quantitative estimate of drug-likeness (QED) is 0.0300. The van der Waals surface area contributed by atoms with Crippen LogP contribution in [0.15, 0.2) is 91.0 Å². The number of nitrogens with one attached hydrogen (secondary N) is 1. The van der Waals surface area contributed by atoms with Gasteiger partial charge < -0.3 is 52.7 Å². The van der Waals surface area contributed by atoms with Crippen LogP contribution in [0.4, 0.5) is 15.3 Å². The fourth-order valence-corrected chi connectivity index (χ4v) is 7.22. The van der Waals surface area contributed by atoms with Crippen molar-refractivity contribution in [1.82, 2.24) is 5.32 Å². The number of non-ortho nitro benzene ring substituents is 1. The summed E-state index contributed by atoms with van der Waals surface area (Å²) in [6, 6.07) is 25.2. The highest BCUT2D eigenvalue weighted by Gasteiger charge is 2.52. The number of hydrogen-bond donors (Lipinski definition) is 1. The second-order valence-electron chi connectivity index (χ2n) is 14.4. The average molecular weight is 887 g/mol. The molecule has 0 unspecified atom stereocenters. The number of methoxy groups -OCH3 is 1. The molecule has 0 aromatic heterocycles. The van der Waals surface area contributed by atoms with Gasteiger partial charge in [-0.25, -0.2) is 14.4 Å². The van der Waals surface area contributed by atoms with Crippen molar-refractivity contribution in [3.63, 3.8) is 0 Å². The van der Waals surface area contributed by atoms with E-state index < -0.39 is 65.6 Å². The van der Waals surface area contributed by atoms with E-state index in [0.717, 1.165) is 55.3 Å². The Morgan fingerprint density at radius 1 is 0.781 bits per heavy atom. The van der Waals surface area contributed by atoms with Crippen molar-refractivity contribution >= 4 is 35.8 Å². The highest BCUT2D eigenvalue weighted by Crippen LogP contribution is 2.44. The zero-order valence-electron chi connectivity index (χ0n) is 35.3. The minimum absolute atomic E-state index is 0.00235. The summed E-state index contributed by atoms with van der Waals surface area (Å²) in [5.74, 6) is -2.94. The van der Waals surface area contributed by atoms with E-state index in [1.807, 2.05) is 36.4 Å². The number of hydrogen-bond acceptors (Lipinski definition) is 17. The van der Waals surface area contributed by atoms with Crippen molar-refractivity contribution < 1.29 is 76.3 Å². The number of nitrogens with zero attached hydrogens (tertiary/aromatic N) is 1. The van der Waals surface area contributed by atoms with Crippen LogP contribution in [0, 0.1) is 16.0 Å². The van der Waals surface area contributed by atoms with Gasteiger partial charge in [-0.3, -0.25) is 19.7 Å². The Labute approximate surface area is 366 Å². The summed E-state index contributed by atoms with van der Waals surface area (Å²) in [5.41, 5.74) is 4.55. The lowest BCUT2D eigenvalue weighted by Gasteiger charge is -2.42. The SMILES string of the molecule is COC(=O)[C@H]1O[C@@H](Oc2ccc(COC(=O)Oc3ccc([N+](=O)[O-])cc3)c(OCCOCCNC(=O)OCC3c4ccccc4-c4ccccc43)c2)[C@H](OC(C)=O)[C@@H](OC(C)=O)[C@@H]1C. The first kappa shape index (κ1) is 46.3. The van der Waals surface area contributed by atoms with E-state index in [9.17, 15) is 34.1 Å². The number of alkyl carbamates (subject to hydrolysis) is 1. The van der Waals surface area contributed by atoms with Gasteiger partial charge in [-0.1, -0.05) is 55.5 Å². The zero-order chi connectivity index (χ0) is 45.8. The molecule has 1 aliphatic heterocycles. The van der Waals surface area contributed by atoms with Crippen LogP contribution in [0.2, 0.25) is 0 Å². The predicted octanol–water partition coefficient (Wildman–Crippen LogP) is 6.02. The van der Waals surface area contributed by atoms with Crippen LogP contribution in [0.1, 0.15) is 43.4 Å². The Hall–Kier alpha value is -7.25. The third-order valence-electron chi connectivity index (χ3n) is 10.1. The molecular weight excluding hydrogens is 840 g/mol. The maximum absolute atomic E-state index is 12.7. The molecule has 1 N–H and O–H groups in total. The van der Waals surface area contributed by atoms with E-state index in [1.165, 1.54) is 30.3 Å². The molecule has 1 heterocycles. The minimum atomic E-state index is -1.49. The van der Waals surface area contributed by atoms with Gasteiger partial charge in [0.25, 0.3) is 5.69 Å². The Bertz CT molecular complexity index is 2270. The molecule has 1 saturated heterocycles. The number of fused-ring (bicyclic) bond motifs is 3. The molecule has 0 bridgehead atoms. The van der Waals surface area contributed by atoms with Gasteiger partial charge in [0.05, 0.1) is 25.2 Å². The lowest BCUT2D eigenvalue weighted by molar-refractivity contribution is -0.384. The third-order valence-corrected chi connectivity index (χ3v) is 10.1. The molecule has 5 atom stereocenters. The summed E-state index contributed by atoms with van der Waals surface area (Å²) in [6.45, 7) is 3.91. The van der Waals surface area contributed by atoms with Gasteiger partial charge in [0, 0.05) is 56.0 Å². The van der Waals surface area contributed by atoms with Gasteiger partial charge in [-0.05, 0) is 46.5 Å². The molecular formula is C45H46N2O17. The summed E-state index contributed by atoms with van der Waals surface area (Å²) < 4.78 is 55.6. The van der Waals surface area contributed by atoms with E-state index in [1.54, 1.807) is 6.92 Å². The highest BCUT2D eigenvalue weighted by atomic mass is 16.7. The lowest BCUT2D eigenvalue weighted by atomic mass is 9.90. The third kappa shape index (κ3) is 11.8. The number of benzene rings is 4. The van der Waals surface area contributed by atoms with Crippen LogP contribution >= 0.6 is 0 Å². The van der Waals surface area contributed by atoms with Gasteiger partial charge in [0.1, 0.15) is 37.1 Å². The second-order valence-corrected chi connectivity index (χ2v) is 14.4. The van der Waals surface area contributed by atoms with Gasteiger partial charge in [-0.2, -0.15) is 0 Å². The molecule has 19 heteroatoms. The number of carbonyl (C=O) groups is 5. The fourth-order valence-electron chi connectivity index (χ4n) is 7.22. The molecule has 19 nitrogen and oxygen atoms in total. The van der Waals surface area contributed by atoms with Crippen LogP contribution in [0.5, 0.6) is 17.2 Å². The topological polar surface area (TPSA) is 233 Å². The Morgan fingerprint density at radius 3 is 2.06 bits per heavy atom. The van der Waals surface area contributed by atoms with Crippen molar-refractivity contribution in [3.05, 3.63) is 118 Å². The molecule has 338 valence electrons. The molecule has 6 rings (SSSR count). The van der Waals surface area contributed by atoms with E-state index in [-0.39, 0.29) is 68.4 Å². The van der Waals surface area contributed by atoms with Crippen molar-refractivity contribution in [2.24, 2.45) is 5.92 Å². The number of rotatable bonds is 18. The summed E-state index contributed by atoms with van der Waals surface area (Å²) in [4.78, 5) is 72.6. The predicted molar refractivity (Wildman–Crippen MR) is 221 cm³/mol. The monoisotopic (exact) mass is 886 g/mol. The number of carbonyl (C=O) groups excluding carboxylic acids is 5. The first-order chi connectivity index (χ1) is 30.8. The molecule has 4 aromatic carbocycles. The van der Waals surface area contributed by atoms with Gasteiger partial charge >= 0.3 is 30.2 Å². The Morgan fingerprint density at radius 2 is 1.42 bits per heavy atom. The van der Waals surface area contributed by atoms with Crippen molar-refractivity contribution in [3.8, 4) is 28.4 Å². The summed E-state index contributed by atoms with van der Waals surface area (Å²) in [5, 5.41) is 13.7. The van der Waals surface area contributed by atoms with Crippen molar-refractivity contribution in [2.45, 2.75) is 57.9 Å². The van der Waals surface area contributed by atoms with E-state index in [0.29, 0.717) is 5.56 Å². The number of esters is 3. The highest BCUT2D eigenvalue weighted by molar-refractivity contribution is 5.79. The fraction of sp³-hybridized carbons (Fsp3) is 0.356. The maximum Gasteiger partial charge on any atom is 0.514 e. The molecule has 4 aromatic rings. The zero-order valence-corrected chi connectivity index (χ0v) is 35.3. The number of nitro groups is 1. The molecule has 1 amide bonds. The Kier molecular flexibility index (Phi) is 15.7. The smallest absolute Gasteiger partial charge is 0.491 e. The molecule has 64 heavy (non-hydrogen) atoms. The number of amides is 1. The largest absolute Gasteiger partial charge is 0.514 e. The van der Waals surface area contributed by atoms with Crippen LogP contribution in [-0.4, -0.2) is 99.8 Å². The van der Waals surface area contributed by atoms with Crippen molar-refractivity contribution in [1.29, 1.82) is 0 Å². The van der Waals surface area contributed by atoms with E-state index in [2.05, 4.69) is 17.4 Å². The van der Waals surface area contributed by atoms with E-state index >= 15 is 0 Å². The number of nitro benzene ring substituents is 1. The van der Waals surface area contributed by atoms with E-state index in [4.69, 9.17) is 47.4 Å². The molecule has 0 saturated carbocycles. The normalized spacial score (nSPS) is 18.6. The van der Waals surface area contributed by atoms with Gasteiger partial charge in [0.2, 0.25) is 12.4 Å². The molecule has 0 spiro atoms. The molecule has 1 fully saturated rings. The van der Waals surface area contributed by atoms with Crippen molar-refractivity contribution in [2.75, 3.05) is 40.1 Å². The average Bonchev–Trinajstić information content (AvgIpc) is 3.60. The number of ether oxygens (including phenoxy) is 10. The Balaban J connectivity index is 1.07.